The number of benzene rings is 1. The Morgan fingerprint density at radius 3 is 2.41 bits per heavy atom. The van der Waals surface area contributed by atoms with Gasteiger partial charge in [0.1, 0.15) is 12.4 Å². The summed E-state index contributed by atoms with van der Waals surface area (Å²) in [5.74, 6) is -0.573. The van der Waals surface area contributed by atoms with Crippen molar-refractivity contribution in [3.8, 4) is 5.75 Å². The molecule has 0 aliphatic heterocycles. The van der Waals surface area contributed by atoms with Crippen LogP contribution in [0.4, 0.5) is 0 Å². The van der Waals surface area contributed by atoms with Gasteiger partial charge in [-0.1, -0.05) is 39.0 Å². The molecule has 3 heteroatoms. The third-order valence-corrected chi connectivity index (χ3v) is 2.84. The van der Waals surface area contributed by atoms with Gasteiger partial charge in [-0.3, -0.25) is 4.79 Å². The van der Waals surface area contributed by atoms with Crippen LogP contribution in [0.2, 0.25) is 0 Å². The van der Waals surface area contributed by atoms with Crippen LogP contribution in [0, 0.1) is 18.3 Å². The van der Waals surface area contributed by atoms with E-state index in [2.05, 4.69) is 0 Å². The number of hydrogen-bond donors (Lipinski definition) is 1. The molecule has 1 rings (SSSR count). The Hall–Kier alpha value is -1.51. The van der Waals surface area contributed by atoms with Crippen LogP contribution in [0.25, 0.3) is 0 Å². The average Bonchev–Trinajstić information content (AvgIpc) is 2.18. The molecule has 0 bridgehead atoms. The van der Waals surface area contributed by atoms with E-state index < -0.39 is 11.9 Å². The van der Waals surface area contributed by atoms with E-state index in [4.69, 9.17) is 4.74 Å². The van der Waals surface area contributed by atoms with E-state index in [9.17, 15) is 9.90 Å². The normalized spacial score (nSPS) is 13.2. The summed E-state index contributed by atoms with van der Waals surface area (Å²) in [6.45, 7) is 7.87. The first-order valence-corrected chi connectivity index (χ1v) is 5.73. The molecule has 0 amide bonds. The summed E-state index contributed by atoms with van der Waals surface area (Å²) in [6.07, 6.45) is 0. The Labute approximate surface area is 102 Å². The zero-order valence-electron chi connectivity index (χ0n) is 10.9. The lowest BCUT2D eigenvalue weighted by Crippen LogP contribution is -2.33. The predicted molar refractivity (Wildman–Crippen MR) is 67.3 cm³/mol. The van der Waals surface area contributed by atoms with Crippen LogP contribution in [-0.4, -0.2) is 17.7 Å². The minimum Gasteiger partial charge on any atom is -0.492 e. The molecule has 0 saturated carbocycles. The number of hydrogen-bond acceptors (Lipinski definition) is 2. The second-order valence-corrected chi connectivity index (χ2v) is 5.33. The molecule has 0 saturated heterocycles. The lowest BCUT2D eigenvalue weighted by Gasteiger charge is -2.27. The second kappa shape index (κ2) is 5.21. The van der Waals surface area contributed by atoms with Crippen molar-refractivity contribution in [3.05, 3.63) is 29.8 Å². The number of para-hydroxylation sites is 1. The fraction of sp³-hybridized carbons (Fsp3) is 0.500. The van der Waals surface area contributed by atoms with Crippen LogP contribution in [0.3, 0.4) is 0 Å². The predicted octanol–water partition coefficient (Wildman–Crippen LogP) is 3.12. The van der Waals surface area contributed by atoms with Crippen LogP contribution >= 0.6 is 0 Å². The van der Waals surface area contributed by atoms with E-state index in [1.54, 1.807) is 0 Å². The fourth-order valence-corrected chi connectivity index (χ4v) is 1.58. The molecule has 0 fully saturated rings. The molecule has 3 nitrogen and oxygen atoms in total. The first kappa shape index (κ1) is 13.6. The van der Waals surface area contributed by atoms with Gasteiger partial charge in [0, 0.05) is 0 Å². The number of carboxylic acids is 1. The number of carboxylic acid groups (broad SMARTS) is 1. The molecule has 0 radical (unpaired) electrons. The molecule has 17 heavy (non-hydrogen) atoms. The largest absolute Gasteiger partial charge is 0.492 e. The number of carbonyl (C=O) groups is 1. The number of aryl methyl sites for hydroxylation is 1. The van der Waals surface area contributed by atoms with Crippen LogP contribution in [0.1, 0.15) is 26.3 Å². The van der Waals surface area contributed by atoms with Crippen molar-refractivity contribution in [2.24, 2.45) is 11.3 Å². The summed E-state index contributed by atoms with van der Waals surface area (Å²) in [5.41, 5.74) is 0.708. The number of rotatable bonds is 4. The van der Waals surface area contributed by atoms with Gasteiger partial charge in [-0.05, 0) is 24.0 Å². The Balaban J connectivity index is 2.72. The molecule has 1 aromatic rings. The van der Waals surface area contributed by atoms with Crippen LogP contribution in [-0.2, 0) is 4.79 Å². The standard InChI is InChI=1S/C14H20O3/c1-10-7-5-6-8-12(10)17-9-11(13(15)16)14(2,3)4/h5-8,11H,9H2,1-4H3,(H,15,16). The SMILES string of the molecule is Cc1ccccc1OCC(C(=O)O)C(C)(C)C. The van der Waals surface area contributed by atoms with E-state index in [1.165, 1.54) is 0 Å². The Bertz CT molecular complexity index is 391. The molecule has 0 aliphatic rings. The van der Waals surface area contributed by atoms with Crippen LogP contribution < -0.4 is 4.74 Å². The highest BCUT2D eigenvalue weighted by Crippen LogP contribution is 2.27. The molecule has 1 unspecified atom stereocenters. The van der Waals surface area contributed by atoms with Crippen molar-refractivity contribution >= 4 is 5.97 Å². The second-order valence-electron chi connectivity index (χ2n) is 5.33. The molecule has 1 aromatic carbocycles. The van der Waals surface area contributed by atoms with E-state index in [0.29, 0.717) is 0 Å². The summed E-state index contributed by atoms with van der Waals surface area (Å²) in [5, 5.41) is 9.18. The third kappa shape index (κ3) is 3.77. The van der Waals surface area contributed by atoms with E-state index in [1.807, 2.05) is 52.0 Å². The van der Waals surface area contributed by atoms with Crippen LogP contribution in [0.15, 0.2) is 24.3 Å². The molecule has 0 heterocycles. The molecule has 1 N–H and O–H groups in total. The minimum atomic E-state index is -0.814. The van der Waals surface area contributed by atoms with Crippen molar-refractivity contribution in [2.45, 2.75) is 27.7 Å². The first-order chi connectivity index (χ1) is 7.82. The maximum atomic E-state index is 11.2. The minimum absolute atomic E-state index is 0.198. The van der Waals surface area contributed by atoms with E-state index in [-0.39, 0.29) is 12.0 Å². The molecule has 0 aromatic heterocycles. The Kier molecular flexibility index (Phi) is 4.16. The number of aliphatic carboxylic acids is 1. The van der Waals surface area contributed by atoms with Gasteiger partial charge < -0.3 is 9.84 Å². The zero-order chi connectivity index (χ0) is 13.1. The summed E-state index contributed by atoms with van der Waals surface area (Å²) in [7, 11) is 0. The third-order valence-electron chi connectivity index (χ3n) is 2.84. The maximum absolute atomic E-state index is 11.2. The van der Waals surface area contributed by atoms with Gasteiger partial charge in [-0.2, -0.15) is 0 Å². The van der Waals surface area contributed by atoms with Crippen molar-refractivity contribution in [3.63, 3.8) is 0 Å². The lowest BCUT2D eigenvalue weighted by atomic mass is 9.81. The van der Waals surface area contributed by atoms with E-state index >= 15 is 0 Å². The molecule has 0 spiro atoms. The fourth-order valence-electron chi connectivity index (χ4n) is 1.58. The first-order valence-electron chi connectivity index (χ1n) is 5.73. The van der Waals surface area contributed by atoms with Crippen molar-refractivity contribution in [2.75, 3.05) is 6.61 Å². The summed E-state index contributed by atoms with van der Waals surface area (Å²) < 4.78 is 5.61. The molecular weight excluding hydrogens is 216 g/mol. The van der Waals surface area contributed by atoms with Gasteiger partial charge in [0.2, 0.25) is 0 Å². The van der Waals surface area contributed by atoms with Crippen molar-refractivity contribution < 1.29 is 14.6 Å². The van der Waals surface area contributed by atoms with Crippen LogP contribution in [0.5, 0.6) is 5.75 Å². The van der Waals surface area contributed by atoms with Crippen molar-refractivity contribution in [1.29, 1.82) is 0 Å². The number of ether oxygens (including phenoxy) is 1. The van der Waals surface area contributed by atoms with Gasteiger partial charge in [-0.25, -0.2) is 0 Å². The molecule has 94 valence electrons. The summed E-state index contributed by atoms with van der Waals surface area (Å²) in [4.78, 5) is 11.2. The molecular formula is C14H20O3. The highest BCUT2D eigenvalue weighted by atomic mass is 16.5. The molecule has 0 aliphatic carbocycles. The molecule has 1 atom stereocenters. The Morgan fingerprint density at radius 1 is 1.35 bits per heavy atom. The Morgan fingerprint density at radius 2 is 1.94 bits per heavy atom. The summed E-state index contributed by atoms with van der Waals surface area (Å²) >= 11 is 0. The lowest BCUT2D eigenvalue weighted by molar-refractivity contribution is -0.146. The highest BCUT2D eigenvalue weighted by molar-refractivity contribution is 5.71. The van der Waals surface area contributed by atoms with Gasteiger partial charge in [0.15, 0.2) is 0 Å². The van der Waals surface area contributed by atoms with Gasteiger partial charge in [0.25, 0.3) is 0 Å². The van der Waals surface area contributed by atoms with E-state index in [0.717, 1.165) is 11.3 Å². The monoisotopic (exact) mass is 236 g/mol. The van der Waals surface area contributed by atoms with Crippen molar-refractivity contribution in [1.82, 2.24) is 0 Å². The maximum Gasteiger partial charge on any atom is 0.310 e. The van der Waals surface area contributed by atoms with Gasteiger partial charge in [-0.15, -0.1) is 0 Å². The van der Waals surface area contributed by atoms with Gasteiger partial charge >= 0.3 is 5.97 Å². The van der Waals surface area contributed by atoms with Gasteiger partial charge in [0.05, 0.1) is 5.92 Å². The smallest absolute Gasteiger partial charge is 0.310 e. The highest BCUT2D eigenvalue weighted by Gasteiger charge is 2.31. The quantitative estimate of drug-likeness (QED) is 0.873. The summed E-state index contributed by atoms with van der Waals surface area (Å²) in [6, 6.07) is 7.62. The zero-order valence-corrected chi connectivity index (χ0v) is 10.9. The average molecular weight is 236 g/mol. The topological polar surface area (TPSA) is 46.5 Å².